The Labute approximate surface area is 137 Å². The highest BCUT2D eigenvalue weighted by atomic mass is 16.3. The molecule has 0 aliphatic carbocycles. The maximum atomic E-state index is 10.0. The molecule has 0 atom stereocenters. The van der Waals surface area contributed by atoms with Gasteiger partial charge in [-0.2, -0.15) is 0 Å². The number of nitrogens with zero attached hydrogens (tertiary/aromatic N) is 4. The summed E-state index contributed by atoms with van der Waals surface area (Å²) in [6.45, 7) is 5.53. The number of pyridine rings is 2. The summed E-state index contributed by atoms with van der Waals surface area (Å²) in [6.07, 6.45) is 3.42. The Kier molecular flexibility index (Phi) is 5.52. The molecule has 2 N–H and O–H groups in total. The van der Waals surface area contributed by atoms with Crippen LogP contribution in [0.4, 0.5) is 0 Å². The molecule has 2 aromatic rings. The summed E-state index contributed by atoms with van der Waals surface area (Å²) in [5, 5.41) is 20.1. The van der Waals surface area contributed by atoms with E-state index >= 15 is 0 Å². The molecule has 0 aliphatic rings. The van der Waals surface area contributed by atoms with Gasteiger partial charge in [-0.1, -0.05) is 0 Å². The average Bonchev–Trinajstić information content (AvgIpc) is 2.48. The molecule has 0 unspecified atom stereocenters. The fourth-order valence-corrected chi connectivity index (χ4v) is 2.57. The fraction of sp³-hybridized carbons (Fsp3) is 0.412. The molecule has 0 aromatic carbocycles. The molecule has 0 bridgehead atoms. The Morgan fingerprint density at radius 1 is 0.826 bits per heavy atom. The first-order valence-electron chi connectivity index (χ1n) is 7.52. The van der Waals surface area contributed by atoms with Crippen LogP contribution in [-0.4, -0.2) is 50.7 Å². The average molecular weight is 316 g/mol. The van der Waals surface area contributed by atoms with Crippen LogP contribution in [-0.2, 0) is 13.1 Å². The summed E-state index contributed by atoms with van der Waals surface area (Å²) in [7, 11) is 3.98. The van der Waals surface area contributed by atoms with E-state index in [1.165, 1.54) is 0 Å². The third-order valence-electron chi connectivity index (χ3n) is 3.74. The standard InChI is InChI=1S/C17H24N4O2/c1-12-16(22)14(5-7-18-12)9-20(3)11-21(4)10-15-6-8-19-13(2)17(15)23/h5-8,22-23H,9-11H2,1-4H3. The monoisotopic (exact) mass is 316 g/mol. The van der Waals surface area contributed by atoms with E-state index in [0.717, 1.165) is 11.1 Å². The highest BCUT2D eigenvalue weighted by molar-refractivity contribution is 5.35. The van der Waals surface area contributed by atoms with Crippen molar-refractivity contribution in [3.63, 3.8) is 0 Å². The highest BCUT2D eigenvalue weighted by Gasteiger charge is 2.12. The molecule has 0 saturated heterocycles. The van der Waals surface area contributed by atoms with Crippen molar-refractivity contribution in [3.8, 4) is 11.5 Å². The van der Waals surface area contributed by atoms with Crippen molar-refractivity contribution in [1.29, 1.82) is 0 Å². The first-order valence-corrected chi connectivity index (χ1v) is 7.52. The minimum atomic E-state index is 0.254. The highest BCUT2D eigenvalue weighted by Crippen LogP contribution is 2.22. The summed E-state index contributed by atoms with van der Waals surface area (Å²) >= 11 is 0. The van der Waals surface area contributed by atoms with Gasteiger partial charge >= 0.3 is 0 Å². The molecule has 2 aromatic heterocycles. The Hall–Kier alpha value is -2.18. The van der Waals surface area contributed by atoms with Crippen molar-refractivity contribution in [2.45, 2.75) is 26.9 Å². The zero-order valence-corrected chi connectivity index (χ0v) is 14.1. The number of hydrogen-bond donors (Lipinski definition) is 2. The number of rotatable bonds is 6. The second kappa shape index (κ2) is 7.39. The smallest absolute Gasteiger partial charge is 0.141 e. The van der Waals surface area contributed by atoms with E-state index in [-0.39, 0.29) is 11.5 Å². The van der Waals surface area contributed by atoms with Crippen molar-refractivity contribution in [3.05, 3.63) is 47.0 Å². The lowest BCUT2D eigenvalue weighted by Crippen LogP contribution is -2.32. The molecule has 0 radical (unpaired) electrons. The molecule has 0 fully saturated rings. The van der Waals surface area contributed by atoms with Crippen molar-refractivity contribution in [2.24, 2.45) is 0 Å². The van der Waals surface area contributed by atoms with E-state index in [0.29, 0.717) is 31.1 Å². The third kappa shape index (κ3) is 4.40. The van der Waals surface area contributed by atoms with Gasteiger partial charge in [-0.25, -0.2) is 0 Å². The van der Waals surface area contributed by atoms with Gasteiger partial charge in [-0.05, 0) is 40.1 Å². The lowest BCUT2D eigenvalue weighted by molar-refractivity contribution is 0.169. The van der Waals surface area contributed by atoms with Crippen LogP contribution in [0.5, 0.6) is 11.5 Å². The Morgan fingerprint density at radius 3 is 1.61 bits per heavy atom. The first kappa shape index (κ1) is 17.2. The van der Waals surface area contributed by atoms with Crippen LogP contribution >= 0.6 is 0 Å². The fourth-order valence-electron chi connectivity index (χ4n) is 2.57. The lowest BCUT2D eigenvalue weighted by atomic mass is 10.2. The van der Waals surface area contributed by atoms with Gasteiger partial charge in [0.2, 0.25) is 0 Å². The van der Waals surface area contributed by atoms with E-state index in [4.69, 9.17) is 0 Å². The van der Waals surface area contributed by atoms with E-state index in [2.05, 4.69) is 19.8 Å². The van der Waals surface area contributed by atoms with Gasteiger partial charge in [0.05, 0.1) is 18.1 Å². The van der Waals surface area contributed by atoms with Crippen LogP contribution in [0.1, 0.15) is 22.5 Å². The molecule has 0 saturated carbocycles. The van der Waals surface area contributed by atoms with Crippen molar-refractivity contribution >= 4 is 0 Å². The largest absolute Gasteiger partial charge is 0.506 e. The normalized spacial score (nSPS) is 11.4. The SMILES string of the molecule is Cc1nccc(CN(C)CN(C)Cc2ccnc(C)c2O)c1O. The van der Waals surface area contributed by atoms with Gasteiger partial charge in [0, 0.05) is 36.6 Å². The summed E-state index contributed by atoms with van der Waals surface area (Å²) in [5.41, 5.74) is 3.00. The van der Waals surface area contributed by atoms with E-state index < -0.39 is 0 Å². The van der Waals surface area contributed by atoms with Crippen LogP contribution in [0.15, 0.2) is 24.5 Å². The number of aromatic nitrogens is 2. The second-order valence-electron chi connectivity index (χ2n) is 5.98. The Morgan fingerprint density at radius 2 is 1.22 bits per heavy atom. The molecular weight excluding hydrogens is 292 g/mol. The molecule has 2 heterocycles. The minimum Gasteiger partial charge on any atom is -0.506 e. The van der Waals surface area contributed by atoms with Gasteiger partial charge in [-0.15, -0.1) is 0 Å². The molecule has 0 amide bonds. The zero-order valence-electron chi connectivity index (χ0n) is 14.1. The molecule has 23 heavy (non-hydrogen) atoms. The topological polar surface area (TPSA) is 72.7 Å². The lowest BCUT2D eigenvalue weighted by Gasteiger charge is -2.25. The predicted molar refractivity (Wildman–Crippen MR) is 89.1 cm³/mol. The second-order valence-corrected chi connectivity index (χ2v) is 5.98. The molecular formula is C17H24N4O2. The van der Waals surface area contributed by atoms with E-state index in [1.807, 2.05) is 26.2 Å². The zero-order chi connectivity index (χ0) is 17.0. The predicted octanol–water partition coefficient (Wildman–Crippen LogP) is 2.03. The van der Waals surface area contributed by atoms with Crippen molar-refractivity contribution < 1.29 is 10.2 Å². The molecule has 6 heteroatoms. The van der Waals surface area contributed by atoms with E-state index in [1.54, 1.807) is 26.2 Å². The Bertz CT molecular complexity index is 618. The van der Waals surface area contributed by atoms with Crippen LogP contribution < -0.4 is 0 Å². The molecule has 0 aliphatic heterocycles. The van der Waals surface area contributed by atoms with Gasteiger partial charge in [0.15, 0.2) is 0 Å². The molecule has 124 valence electrons. The van der Waals surface area contributed by atoms with Gasteiger partial charge in [0.1, 0.15) is 11.5 Å². The molecule has 0 spiro atoms. The van der Waals surface area contributed by atoms with Gasteiger partial charge < -0.3 is 10.2 Å². The van der Waals surface area contributed by atoms with Gasteiger partial charge in [0.25, 0.3) is 0 Å². The van der Waals surface area contributed by atoms with Crippen molar-refractivity contribution in [2.75, 3.05) is 20.8 Å². The number of hydrogen-bond acceptors (Lipinski definition) is 6. The quantitative estimate of drug-likeness (QED) is 0.795. The third-order valence-corrected chi connectivity index (χ3v) is 3.74. The van der Waals surface area contributed by atoms with Crippen LogP contribution in [0.2, 0.25) is 0 Å². The van der Waals surface area contributed by atoms with Gasteiger partial charge in [-0.3, -0.25) is 19.8 Å². The first-order chi connectivity index (χ1) is 10.9. The maximum Gasteiger partial charge on any atom is 0.141 e. The maximum absolute atomic E-state index is 10.0. The van der Waals surface area contributed by atoms with E-state index in [9.17, 15) is 10.2 Å². The number of aryl methyl sites for hydroxylation is 2. The van der Waals surface area contributed by atoms with Crippen LogP contribution in [0.3, 0.4) is 0 Å². The Balaban J connectivity index is 1.96. The number of aromatic hydroxyl groups is 2. The molecule has 2 rings (SSSR count). The molecule has 6 nitrogen and oxygen atoms in total. The summed E-state index contributed by atoms with van der Waals surface area (Å²) in [5.74, 6) is 0.508. The van der Waals surface area contributed by atoms with Crippen LogP contribution in [0, 0.1) is 13.8 Å². The van der Waals surface area contributed by atoms with Crippen LogP contribution in [0.25, 0.3) is 0 Å². The van der Waals surface area contributed by atoms with Crippen molar-refractivity contribution in [1.82, 2.24) is 19.8 Å². The minimum absolute atomic E-state index is 0.254. The summed E-state index contributed by atoms with van der Waals surface area (Å²) in [6, 6.07) is 3.66. The summed E-state index contributed by atoms with van der Waals surface area (Å²) in [4.78, 5) is 12.3. The summed E-state index contributed by atoms with van der Waals surface area (Å²) < 4.78 is 0.